The molecule has 19 heavy (non-hydrogen) atoms. The molecular weight excluding hydrogens is 249 g/mol. The second-order valence-corrected chi connectivity index (χ2v) is 4.81. The standard InChI is InChI=1S/C14H16FNO3/c1-9-8-10(15)5-6-11(9)13(17)16-7-3-2-4-12(16)14(18)19/h5-6,8,12H,2-4,7H2,1H3,(H,18,19)/t12-/m1/s1. The maximum atomic E-state index is 13.0. The van der Waals surface area contributed by atoms with Gasteiger partial charge in [0.25, 0.3) is 5.91 Å². The molecule has 1 saturated heterocycles. The summed E-state index contributed by atoms with van der Waals surface area (Å²) in [7, 11) is 0. The van der Waals surface area contributed by atoms with Gasteiger partial charge in [-0.15, -0.1) is 0 Å². The quantitative estimate of drug-likeness (QED) is 0.892. The van der Waals surface area contributed by atoms with Crippen LogP contribution in [0.4, 0.5) is 4.39 Å². The Morgan fingerprint density at radius 3 is 2.74 bits per heavy atom. The summed E-state index contributed by atoms with van der Waals surface area (Å²) in [6.45, 7) is 2.09. The maximum absolute atomic E-state index is 13.0. The number of carboxylic acid groups (broad SMARTS) is 1. The Kier molecular flexibility index (Phi) is 3.83. The molecule has 0 aliphatic carbocycles. The van der Waals surface area contributed by atoms with E-state index >= 15 is 0 Å². The highest BCUT2D eigenvalue weighted by atomic mass is 19.1. The number of carboxylic acids is 1. The molecule has 0 unspecified atom stereocenters. The third-order valence-electron chi connectivity index (χ3n) is 3.47. The number of amides is 1. The SMILES string of the molecule is Cc1cc(F)ccc1C(=O)N1CCCC[C@@H]1C(=O)O. The number of nitrogens with zero attached hydrogens (tertiary/aromatic N) is 1. The molecule has 5 heteroatoms. The van der Waals surface area contributed by atoms with Crippen molar-refractivity contribution in [3.63, 3.8) is 0 Å². The fourth-order valence-corrected chi connectivity index (χ4v) is 2.45. The molecule has 0 bridgehead atoms. The lowest BCUT2D eigenvalue weighted by Crippen LogP contribution is -2.48. The first kappa shape index (κ1) is 13.5. The van der Waals surface area contributed by atoms with Crippen molar-refractivity contribution in [1.82, 2.24) is 4.90 Å². The molecule has 1 atom stereocenters. The number of aliphatic carboxylic acids is 1. The zero-order valence-corrected chi connectivity index (χ0v) is 10.7. The average molecular weight is 265 g/mol. The number of carbonyl (C=O) groups excluding carboxylic acids is 1. The van der Waals surface area contributed by atoms with E-state index in [9.17, 15) is 14.0 Å². The molecule has 0 aromatic heterocycles. The molecule has 1 N–H and O–H groups in total. The van der Waals surface area contributed by atoms with Gasteiger partial charge < -0.3 is 10.0 Å². The van der Waals surface area contributed by atoms with Gasteiger partial charge in [0.2, 0.25) is 0 Å². The van der Waals surface area contributed by atoms with E-state index in [1.807, 2.05) is 0 Å². The number of hydrogen-bond acceptors (Lipinski definition) is 2. The van der Waals surface area contributed by atoms with E-state index in [0.29, 0.717) is 24.1 Å². The van der Waals surface area contributed by atoms with Crippen molar-refractivity contribution in [1.29, 1.82) is 0 Å². The van der Waals surface area contributed by atoms with Crippen LogP contribution in [0.15, 0.2) is 18.2 Å². The van der Waals surface area contributed by atoms with Crippen molar-refractivity contribution < 1.29 is 19.1 Å². The molecule has 1 aromatic carbocycles. The van der Waals surface area contributed by atoms with Crippen LogP contribution in [0.25, 0.3) is 0 Å². The van der Waals surface area contributed by atoms with Crippen LogP contribution in [0.5, 0.6) is 0 Å². The summed E-state index contributed by atoms with van der Waals surface area (Å²) in [5.41, 5.74) is 0.897. The van der Waals surface area contributed by atoms with Gasteiger partial charge in [-0.25, -0.2) is 9.18 Å². The lowest BCUT2D eigenvalue weighted by Gasteiger charge is -2.33. The van der Waals surface area contributed by atoms with Crippen LogP contribution in [0.2, 0.25) is 0 Å². The summed E-state index contributed by atoms with van der Waals surface area (Å²) in [6.07, 6.45) is 2.08. The van der Waals surface area contributed by atoms with Gasteiger partial charge in [-0.1, -0.05) is 0 Å². The molecule has 0 saturated carbocycles. The third-order valence-corrected chi connectivity index (χ3v) is 3.47. The molecule has 102 valence electrons. The molecule has 1 amide bonds. The first-order valence-corrected chi connectivity index (χ1v) is 6.30. The van der Waals surface area contributed by atoms with Crippen LogP contribution < -0.4 is 0 Å². The van der Waals surface area contributed by atoms with Crippen LogP contribution in [-0.2, 0) is 4.79 Å². The minimum absolute atomic E-state index is 0.329. The van der Waals surface area contributed by atoms with E-state index < -0.39 is 17.8 Å². The molecule has 1 aliphatic rings. The van der Waals surface area contributed by atoms with Crippen LogP contribution >= 0.6 is 0 Å². The van der Waals surface area contributed by atoms with Gasteiger partial charge >= 0.3 is 5.97 Å². The number of carbonyl (C=O) groups is 2. The molecule has 0 radical (unpaired) electrons. The van der Waals surface area contributed by atoms with Crippen LogP contribution in [-0.4, -0.2) is 34.5 Å². The minimum atomic E-state index is -0.979. The zero-order valence-electron chi connectivity index (χ0n) is 10.7. The topological polar surface area (TPSA) is 57.6 Å². The lowest BCUT2D eigenvalue weighted by atomic mass is 9.99. The van der Waals surface area contributed by atoms with E-state index in [1.165, 1.54) is 23.1 Å². The van der Waals surface area contributed by atoms with E-state index in [2.05, 4.69) is 0 Å². The van der Waals surface area contributed by atoms with Gasteiger partial charge in [0.05, 0.1) is 0 Å². The second kappa shape index (κ2) is 5.38. The summed E-state index contributed by atoms with van der Waals surface area (Å²) in [4.78, 5) is 25.0. The summed E-state index contributed by atoms with van der Waals surface area (Å²) < 4.78 is 13.0. The van der Waals surface area contributed by atoms with E-state index in [4.69, 9.17) is 5.11 Å². The fourth-order valence-electron chi connectivity index (χ4n) is 2.45. The number of benzene rings is 1. The molecule has 1 aromatic rings. The Morgan fingerprint density at radius 1 is 1.37 bits per heavy atom. The number of aryl methyl sites for hydroxylation is 1. The Morgan fingerprint density at radius 2 is 2.11 bits per heavy atom. The Balaban J connectivity index is 2.28. The molecule has 1 aliphatic heterocycles. The highest BCUT2D eigenvalue weighted by Crippen LogP contribution is 2.21. The Labute approximate surface area is 110 Å². The van der Waals surface area contributed by atoms with E-state index in [-0.39, 0.29) is 5.91 Å². The number of piperidine rings is 1. The summed E-state index contributed by atoms with van der Waals surface area (Å²) >= 11 is 0. The second-order valence-electron chi connectivity index (χ2n) is 4.81. The Hall–Kier alpha value is -1.91. The summed E-state index contributed by atoms with van der Waals surface area (Å²) in [5, 5.41) is 9.16. The maximum Gasteiger partial charge on any atom is 0.326 e. The van der Waals surface area contributed by atoms with Crippen LogP contribution in [0.3, 0.4) is 0 Å². The first-order chi connectivity index (χ1) is 9.00. The Bertz CT molecular complexity index is 515. The average Bonchev–Trinajstić information content (AvgIpc) is 2.38. The van der Waals surface area contributed by atoms with Gasteiger partial charge in [-0.3, -0.25) is 4.79 Å². The molecule has 0 spiro atoms. The van der Waals surface area contributed by atoms with Gasteiger partial charge in [0.15, 0.2) is 0 Å². The van der Waals surface area contributed by atoms with Crippen molar-refractivity contribution >= 4 is 11.9 Å². The van der Waals surface area contributed by atoms with E-state index in [1.54, 1.807) is 6.92 Å². The molecule has 1 fully saturated rings. The first-order valence-electron chi connectivity index (χ1n) is 6.30. The number of halogens is 1. The van der Waals surface area contributed by atoms with Gasteiger partial charge in [0, 0.05) is 12.1 Å². The van der Waals surface area contributed by atoms with Crippen LogP contribution in [0.1, 0.15) is 35.2 Å². The molecule has 4 nitrogen and oxygen atoms in total. The lowest BCUT2D eigenvalue weighted by molar-refractivity contribution is -0.143. The predicted octanol–water partition coefficient (Wildman–Crippen LogP) is 2.21. The number of hydrogen-bond donors (Lipinski definition) is 1. The summed E-state index contributed by atoms with van der Waals surface area (Å²) in [5.74, 6) is -1.71. The van der Waals surface area contributed by atoms with Crippen molar-refractivity contribution in [2.45, 2.75) is 32.2 Å². The van der Waals surface area contributed by atoms with Crippen molar-refractivity contribution in [3.8, 4) is 0 Å². The number of rotatable bonds is 2. The molecule has 1 heterocycles. The van der Waals surface area contributed by atoms with Gasteiger partial charge in [-0.2, -0.15) is 0 Å². The molecular formula is C14H16FNO3. The zero-order chi connectivity index (χ0) is 14.0. The van der Waals surface area contributed by atoms with Crippen molar-refractivity contribution in [2.75, 3.05) is 6.54 Å². The van der Waals surface area contributed by atoms with Crippen LogP contribution in [0, 0.1) is 12.7 Å². The van der Waals surface area contributed by atoms with Crippen molar-refractivity contribution in [2.24, 2.45) is 0 Å². The monoisotopic (exact) mass is 265 g/mol. The minimum Gasteiger partial charge on any atom is -0.480 e. The third kappa shape index (κ3) is 2.75. The van der Waals surface area contributed by atoms with Gasteiger partial charge in [-0.05, 0) is 49.9 Å². The van der Waals surface area contributed by atoms with Crippen molar-refractivity contribution in [3.05, 3.63) is 35.1 Å². The smallest absolute Gasteiger partial charge is 0.326 e. The number of likely N-dealkylation sites (tertiary alicyclic amines) is 1. The predicted molar refractivity (Wildman–Crippen MR) is 67.4 cm³/mol. The molecule has 2 rings (SSSR count). The van der Waals surface area contributed by atoms with E-state index in [0.717, 1.165) is 12.8 Å². The van der Waals surface area contributed by atoms with Gasteiger partial charge in [0.1, 0.15) is 11.9 Å². The highest BCUT2D eigenvalue weighted by Gasteiger charge is 2.32. The largest absolute Gasteiger partial charge is 0.480 e. The fraction of sp³-hybridized carbons (Fsp3) is 0.429. The summed E-state index contributed by atoms with van der Waals surface area (Å²) in [6, 6.07) is 3.15. The normalized spacial score (nSPS) is 19.3. The highest BCUT2D eigenvalue weighted by molar-refractivity contribution is 5.97.